The van der Waals surface area contributed by atoms with Crippen molar-refractivity contribution < 1.29 is 18.4 Å². The number of nitrogens with zero attached hydrogens (tertiary/aromatic N) is 2. The standard InChI is InChI=1S/C11H14N2O5S/c14-10-5-7-12(8-6-10)19(17,18)11-3-1-9(2-4-11)13(15)16/h1-4,10,14H,5-8H2. The molecule has 0 aliphatic carbocycles. The van der Waals surface area contributed by atoms with Gasteiger partial charge in [-0.15, -0.1) is 0 Å². The number of hydrogen-bond donors (Lipinski definition) is 1. The molecular formula is C11H14N2O5S. The van der Waals surface area contributed by atoms with E-state index in [1.165, 1.54) is 28.6 Å². The summed E-state index contributed by atoms with van der Waals surface area (Å²) in [7, 11) is -3.63. The quantitative estimate of drug-likeness (QED) is 0.652. The van der Waals surface area contributed by atoms with E-state index in [2.05, 4.69) is 0 Å². The zero-order chi connectivity index (χ0) is 14.0. The summed E-state index contributed by atoms with van der Waals surface area (Å²) in [5.41, 5.74) is -0.145. The summed E-state index contributed by atoms with van der Waals surface area (Å²) in [6.45, 7) is 0.529. The lowest BCUT2D eigenvalue weighted by molar-refractivity contribution is -0.384. The maximum absolute atomic E-state index is 12.2. The largest absolute Gasteiger partial charge is 0.393 e. The number of rotatable bonds is 3. The number of piperidine rings is 1. The first-order chi connectivity index (χ1) is 8.91. The van der Waals surface area contributed by atoms with Gasteiger partial charge in [0.2, 0.25) is 10.0 Å². The molecule has 0 spiro atoms. The van der Waals surface area contributed by atoms with Crippen molar-refractivity contribution in [1.29, 1.82) is 0 Å². The minimum atomic E-state index is -3.63. The van der Waals surface area contributed by atoms with Gasteiger partial charge >= 0.3 is 0 Å². The first kappa shape index (κ1) is 13.9. The summed E-state index contributed by atoms with van der Waals surface area (Å²) in [5.74, 6) is 0. The van der Waals surface area contributed by atoms with Gasteiger partial charge < -0.3 is 5.11 Å². The Kier molecular flexibility index (Phi) is 3.83. The fourth-order valence-electron chi connectivity index (χ4n) is 1.97. The third-order valence-electron chi connectivity index (χ3n) is 3.11. The molecular weight excluding hydrogens is 272 g/mol. The summed E-state index contributed by atoms with van der Waals surface area (Å²) in [6.07, 6.45) is 0.363. The molecule has 1 aromatic rings. The van der Waals surface area contributed by atoms with Crippen LogP contribution in [0.3, 0.4) is 0 Å². The predicted molar refractivity (Wildman–Crippen MR) is 67.1 cm³/mol. The number of hydrogen-bond acceptors (Lipinski definition) is 5. The molecule has 1 N–H and O–H groups in total. The van der Waals surface area contributed by atoms with Crippen molar-refractivity contribution in [3.63, 3.8) is 0 Å². The average molecular weight is 286 g/mol. The zero-order valence-corrected chi connectivity index (χ0v) is 10.9. The molecule has 2 rings (SSSR count). The van der Waals surface area contributed by atoms with Crippen molar-refractivity contribution >= 4 is 15.7 Å². The van der Waals surface area contributed by atoms with Crippen molar-refractivity contribution in [3.8, 4) is 0 Å². The normalized spacial score (nSPS) is 18.4. The second kappa shape index (κ2) is 5.24. The van der Waals surface area contributed by atoms with Crippen LogP contribution in [0.5, 0.6) is 0 Å². The molecule has 0 radical (unpaired) electrons. The third-order valence-corrected chi connectivity index (χ3v) is 5.02. The Morgan fingerprint density at radius 1 is 1.21 bits per heavy atom. The fraction of sp³-hybridized carbons (Fsp3) is 0.455. The summed E-state index contributed by atoms with van der Waals surface area (Å²) < 4.78 is 25.8. The number of benzene rings is 1. The molecule has 0 atom stereocenters. The van der Waals surface area contributed by atoms with E-state index in [9.17, 15) is 23.6 Å². The van der Waals surface area contributed by atoms with Crippen LogP contribution < -0.4 is 0 Å². The molecule has 0 bridgehead atoms. The molecule has 1 heterocycles. The van der Waals surface area contributed by atoms with Gasteiger partial charge in [-0.25, -0.2) is 8.42 Å². The van der Waals surface area contributed by atoms with Crippen molar-refractivity contribution in [3.05, 3.63) is 34.4 Å². The van der Waals surface area contributed by atoms with Gasteiger partial charge in [0.15, 0.2) is 0 Å². The van der Waals surface area contributed by atoms with Crippen LogP contribution in [0.15, 0.2) is 29.2 Å². The van der Waals surface area contributed by atoms with Gasteiger partial charge in [0.1, 0.15) is 0 Å². The number of nitro benzene ring substituents is 1. The Balaban J connectivity index is 2.22. The SMILES string of the molecule is O=[N+]([O-])c1ccc(S(=O)(=O)N2CCC(O)CC2)cc1. The highest BCUT2D eigenvalue weighted by molar-refractivity contribution is 7.89. The molecule has 19 heavy (non-hydrogen) atoms. The maximum Gasteiger partial charge on any atom is 0.269 e. The van der Waals surface area contributed by atoms with Gasteiger partial charge in [-0.2, -0.15) is 4.31 Å². The van der Waals surface area contributed by atoms with E-state index in [1.807, 2.05) is 0 Å². The van der Waals surface area contributed by atoms with Crippen molar-refractivity contribution in [2.75, 3.05) is 13.1 Å². The summed E-state index contributed by atoms with van der Waals surface area (Å²) in [4.78, 5) is 9.98. The minimum Gasteiger partial charge on any atom is -0.393 e. The van der Waals surface area contributed by atoms with Crippen LogP contribution in [0, 0.1) is 10.1 Å². The molecule has 1 aliphatic rings. The Morgan fingerprint density at radius 2 is 1.74 bits per heavy atom. The predicted octanol–water partition coefficient (Wildman–Crippen LogP) is 0.740. The fourth-order valence-corrected chi connectivity index (χ4v) is 3.44. The molecule has 1 aliphatic heterocycles. The van der Waals surface area contributed by atoms with Gasteiger partial charge in [0, 0.05) is 25.2 Å². The average Bonchev–Trinajstić information content (AvgIpc) is 2.39. The Labute approximate surface area is 110 Å². The summed E-state index contributed by atoms with van der Waals surface area (Å²) >= 11 is 0. The molecule has 0 aromatic heterocycles. The van der Waals surface area contributed by atoms with E-state index in [1.54, 1.807) is 0 Å². The van der Waals surface area contributed by atoms with Crippen LogP contribution in [0.2, 0.25) is 0 Å². The van der Waals surface area contributed by atoms with Gasteiger partial charge in [-0.05, 0) is 25.0 Å². The Morgan fingerprint density at radius 3 is 2.21 bits per heavy atom. The molecule has 0 saturated carbocycles. The van der Waals surface area contributed by atoms with E-state index < -0.39 is 21.1 Å². The Hall–Kier alpha value is -1.51. The number of aliphatic hydroxyl groups is 1. The highest BCUT2D eigenvalue weighted by atomic mass is 32.2. The first-order valence-corrected chi connectivity index (χ1v) is 7.28. The second-order valence-corrected chi connectivity index (χ2v) is 6.32. The van der Waals surface area contributed by atoms with E-state index in [-0.39, 0.29) is 23.7 Å². The molecule has 104 valence electrons. The number of aliphatic hydroxyl groups excluding tert-OH is 1. The summed E-state index contributed by atoms with van der Waals surface area (Å²) in [6, 6.07) is 4.81. The lowest BCUT2D eigenvalue weighted by Gasteiger charge is -2.28. The van der Waals surface area contributed by atoms with Crippen LogP contribution in [-0.2, 0) is 10.0 Å². The molecule has 7 nitrogen and oxygen atoms in total. The topological polar surface area (TPSA) is 101 Å². The molecule has 1 aromatic carbocycles. The van der Waals surface area contributed by atoms with E-state index >= 15 is 0 Å². The lowest BCUT2D eigenvalue weighted by atomic mass is 10.1. The van der Waals surface area contributed by atoms with Crippen LogP contribution in [-0.4, -0.2) is 41.9 Å². The van der Waals surface area contributed by atoms with Gasteiger partial charge in [-0.3, -0.25) is 10.1 Å². The zero-order valence-electron chi connectivity index (χ0n) is 10.1. The highest BCUT2D eigenvalue weighted by Gasteiger charge is 2.28. The third kappa shape index (κ3) is 2.91. The highest BCUT2D eigenvalue weighted by Crippen LogP contribution is 2.22. The number of non-ortho nitro benzene ring substituents is 1. The second-order valence-electron chi connectivity index (χ2n) is 4.39. The number of nitro groups is 1. The van der Waals surface area contributed by atoms with Gasteiger partial charge in [0.05, 0.1) is 15.9 Å². The van der Waals surface area contributed by atoms with Crippen LogP contribution in [0.1, 0.15) is 12.8 Å². The van der Waals surface area contributed by atoms with Crippen molar-refractivity contribution in [2.45, 2.75) is 23.8 Å². The van der Waals surface area contributed by atoms with Gasteiger partial charge in [0.25, 0.3) is 5.69 Å². The molecule has 0 amide bonds. The van der Waals surface area contributed by atoms with E-state index in [0.29, 0.717) is 12.8 Å². The van der Waals surface area contributed by atoms with Gasteiger partial charge in [-0.1, -0.05) is 0 Å². The molecule has 0 unspecified atom stereocenters. The molecule has 8 heteroatoms. The molecule has 1 saturated heterocycles. The van der Waals surface area contributed by atoms with Crippen LogP contribution in [0.25, 0.3) is 0 Å². The van der Waals surface area contributed by atoms with E-state index in [4.69, 9.17) is 0 Å². The minimum absolute atomic E-state index is 0.0366. The van der Waals surface area contributed by atoms with Crippen molar-refractivity contribution in [1.82, 2.24) is 4.31 Å². The van der Waals surface area contributed by atoms with Crippen LogP contribution >= 0.6 is 0 Å². The monoisotopic (exact) mass is 286 g/mol. The summed E-state index contributed by atoms with van der Waals surface area (Å²) in [5, 5.41) is 19.9. The smallest absolute Gasteiger partial charge is 0.269 e. The van der Waals surface area contributed by atoms with E-state index in [0.717, 1.165) is 0 Å². The van der Waals surface area contributed by atoms with Crippen molar-refractivity contribution in [2.24, 2.45) is 0 Å². The Bertz CT molecular complexity index is 561. The lowest BCUT2D eigenvalue weighted by Crippen LogP contribution is -2.39. The van der Waals surface area contributed by atoms with Crippen LogP contribution in [0.4, 0.5) is 5.69 Å². The maximum atomic E-state index is 12.2. The number of sulfonamides is 1. The molecule has 1 fully saturated rings. The first-order valence-electron chi connectivity index (χ1n) is 5.84.